The lowest BCUT2D eigenvalue weighted by Gasteiger charge is -2.29. The van der Waals surface area contributed by atoms with Crippen molar-refractivity contribution in [1.29, 1.82) is 0 Å². The smallest absolute Gasteiger partial charge is 0.254 e. The van der Waals surface area contributed by atoms with Crippen LogP contribution >= 0.6 is 0 Å². The summed E-state index contributed by atoms with van der Waals surface area (Å²) in [5.41, 5.74) is 16.7. The molecule has 2 fully saturated rings. The molecule has 1 amide bonds. The van der Waals surface area contributed by atoms with Crippen molar-refractivity contribution in [1.82, 2.24) is 15.3 Å². The number of primary amides is 1. The van der Waals surface area contributed by atoms with Gasteiger partial charge in [-0.2, -0.15) is 4.98 Å². The first-order valence-corrected chi connectivity index (χ1v) is 12.9. The topological polar surface area (TPSA) is 131 Å². The molecule has 188 valence electrons. The van der Waals surface area contributed by atoms with Gasteiger partial charge in [-0.25, -0.2) is 4.98 Å². The number of amides is 1. The van der Waals surface area contributed by atoms with Crippen LogP contribution in [0, 0.1) is 0 Å². The Kier molecular flexibility index (Phi) is 7.44. The molecule has 7 N–H and O–H groups in total. The zero-order chi connectivity index (χ0) is 24.9. The highest BCUT2D eigenvalue weighted by atomic mass is 16.1. The minimum atomic E-state index is -0.579. The molecule has 1 aromatic heterocycles. The number of carbonyl (C=O) groups excluding carboxylic acids is 1. The largest absolute Gasteiger partial charge is 0.365 e. The fraction of sp³-hybridized carbons (Fsp3) is 0.393. The molecule has 36 heavy (non-hydrogen) atoms. The van der Waals surface area contributed by atoms with Crippen LogP contribution in [0.25, 0.3) is 11.1 Å². The van der Waals surface area contributed by atoms with Crippen molar-refractivity contribution in [2.75, 3.05) is 23.7 Å². The van der Waals surface area contributed by atoms with E-state index in [-0.39, 0.29) is 17.6 Å². The maximum absolute atomic E-state index is 12.1. The van der Waals surface area contributed by atoms with Gasteiger partial charge in [-0.15, -0.1) is 0 Å². The molecule has 0 radical (unpaired) electrons. The zero-order valence-corrected chi connectivity index (χ0v) is 20.5. The highest BCUT2D eigenvalue weighted by Crippen LogP contribution is 2.34. The summed E-state index contributed by atoms with van der Waals surface area (Å²) >= 11 is 0. The average molecular weight is 486 g/mol. The van der Waals surface area contributed by atoms with Gasteiger partial charge in [0.25, 0.3) is 5.91 Å². The van der Waals surface area contributed by atoms with Crippen LogP contribution in [0.5, 0.6) is 0 Å². The van der Waals surface area contributed by atoms with E-state index in [1.807, 2.05) is 12.1 Å². The molecule has 0 spiro atoms. The third-order valence-corrected chi connectivity index (χ3v) is 7.32. The van der Waals surface area contributed by atoms with E-state index >= 15 is 0 Å². The van der Waals surface area contributed by atoms with Crippen molar-refractivity contribution >= 4 is 23.4 Å². The number of aromatic nitrogens is 2. The van der Waals surface area contributed by atoms with E-state index in [9.17, 15) is 4.79 Å². The number of piperidine rings is 1. The van der Waals surface area contributed by atoms with Crippen LogP contribution in [0.4, 0.5) is 17.5 Å². The second-order valence-electron chi connectivity index (χ2n) is 9.86. The Hall–Kier alpha value is -3.49. The molecular formula is C28H35N7O. The Morgan fingerprint density at radius 2 is 1.89 bits per heavy atom. The molecule has 2 aromatic carbocycles. The number of anilines is 3. The summed E-state index contributed by atoms with van der Waals surface area (Å²) in [6.07, 6.45) is 8.07. The summed E-state index contributed by atoms with van der Waals surface area (Å²) in [7, 11) is 0. The van der Waals surface area contributed by atoms with E-state index in [2.05, 4.69) is 62.3 Å². The lowest BCUT2D eigenvalue weighted by atomic mass is 9.86. The molecular weight excluding hydrogens is 450 g/mol. The number of nitrogens with two attached hydrogens (primary N) is 2. The lowest BCUT2D eigenvalue weighted by molar-refractivity contribution is 0.100. The van der Waals surface area contributed by atoms with Gasteiger partial charge in [0, 0.05) is 30.5 Å². The summed E-state index contributed by atoms with van der Waals surface area (Å²) in [4.78, 5) is 21.1. The van der Waals surface area contributed by atoms with Gasteiger partial charge in [0.1, 0.15) is 11.4 Å². The first kappa shape index (κ1) is 24.2. The van der Waals surface area contributed by atoms with E-state index in [4.69, 9.17) is 11.5 Å². The number of hydrogen-bond acceptors (Lipinski definition) is 7. The Labute approximate surface area is 212 Å². The van der Waals surface area contributed by atoms with Crippen molar-refractivity contribution < 1.29 is 4.79 Å². The molecule has 1 saturated carbocycles. The van der Waals surface area contributed by atoms with Crippen molar-refractivity contribution in [3.63, 3.8) is 0 Å². The zero-order valence-electron chi connectivity index (χ0n) is 20.5. The Morgan fingerprint density at radius 1 is 1.03 bits per heavy atom. The highest BCUT2D eigenvalue weighted by Gasteiger charge is 2.23. The number of benzene rings is 2. The third kappa shape index (κ3) is 5.50. The quantitative estimate of drug-likeness (QED) is 0.340. The number of nitrogens with one attached hydrogen (secondary N) is 3. The molecule has 1 aliphatic carbocycles. The van der Waals surface area contributed by atoms with Gasteiger partial charge in [-0.1, -0.05) is 49.2 Å². The van der Waals surface area contributed by atoms with Crippen LogP contribution in [0.1, 0.15) is 60.4 Å². The lowest BCUT2D eigenvalue weighted by Crippen LogP contribution is -2.43. The van der Waals surface area contributed by atoms with E-state index < -0.39 is 5.91 Å². The summed E-state index contributed by atoms with van der Waals surface area (Å²) in [6.45, 7) is 2.08. The molecule has 1 saturated heterocycles. The molecule has 5 rings (SSSR count). The summed E-state index contributed by atoms with van der Waals surface area (Å²) in [5.74, 6) is 0.738. The fourth-order valence-electron chi connectivity index (χ4n) is 5.37. The molecule has 1 aliphatic heterocycles. The molecule has 3 aromatic rings. The van der Waals surface area contributed by atoms with Crippen molar-refractivity contribution in [2.45, 2.75) is 56.5 Å². The molecule has 1 unspecified atom stereocenters. The van der Waals surface area contributed by atoms with Gasteiger partial charge in [0.2, 0.25) is 5.95 Å². The average Bonchev–Trinajstić information content (AvgIpc) is 2.91. The van der Waals surface area contributed by atoms with Gasteiger partial charge in [-0.3, -0.25) is 4.79 Å². The van der Waals surface area contributed by atoms with Crippen molar-refractivity contribution in [2.24, 2.45) is 11.5 Å². The van der Waals surface area contributed by atoms with Gasteiger partial charge in [0.15, 0.2) is 0 Å². The van der Waals surface area contributed by atoms with E-state index in [0.29, 0.717) is 17.7 Å². The van der Waals surface area contributed by atoms with Crippen LogP contribution in [0.2, 0.25) is 0 Å². The fourth-order valence-corrected chi connectivity index (χ4v) is 5.37. The molecule has 2 aliphatic rings. The van der Waals surface area contributed by atoms with Gasteiger partial charge >= 0.3 is 0 Å². The Morgan fingerprint density at radius 3 is 2.69 bits per heavy atom. The number of rotatable bonds is 7. The maximum Gasteiger partial charge on any atom is 0.254 e. The monoisotopic (exact) mass is 485 g/mol. The number of hydrogen-bond donors (Lipinski definition) is 5. The van der Waals surface area contributed by atoms with Crippen LogP contribution in [-0.4, -0.2) is 41.0 Å². The predicted molar refractivity (Wildman–Crippen MR) is 144 cm³/mol. The summed E-state index contributed by atoms with van der Waals surface area (Å²) in [6, 6.07) is 17.0. The second-order valence-corrected chi connectivity index (χ2v) is 9.86. The minimum absolute atomic E-state index is 0.0608. The van der Waals surface area contributed by atoms with Crippen molar-refractivity contribution in [3.8, 4) is 11.1 Å². The number of carbonyl (C=O) groups is 1. The summed E-state index contributed by atoms with van der Waals surface area (Å²) < 4.78 is 0. The first-order valence-electron chi connectivity index (χ1n) is 12.9. The van der Waals surface area contributed by atoms with Gasteiger partial charge in [0.05, 0.1) is 0 Å². The first-order chi connectivity index (χ1) is 17.6. The molecule has 0 bridgehead atoms. The predicted octanol–water partition coefficient (Wildman–Crippen LogP) is 4.13. The van der Waals surface area contributed by atoms with Gasteiger partial charge in [-0.05, 0) is 67.0 Å². The molecule has 8 nitrogen and oxygen atoms in total. The minimum Gasteiger partial charge on any atom is -0.365 e. The maximum atomic E-state index is 12.1. The van der Waals surface area contributed by atoms with Crippen LogP contribution in [0.15, 0.2) is 54.7 Å². The van der Waals surface area contributed by atoms with Crippen LogP contribution in [-0.2, 0) is 0 Å². The summed E-state index contributed by atoms with van der Waals surface area (Å²) in [5, 5.41) is 10.2. The molecule has 2 heterocycles. The van der Waals surface area contributed by atoms with E-state index in [0.717, 1.165) is 50.0 Å². The van der Waals surface area contributed by atoms with Crippen LogP contribution in [0.3, 0.4) is 0 Å². The third-order valence-electron chi connectivity index (χ3n) is 7.32. The second kappa shape index (κ2) is 11.1. The van der Waals surface area contributed by atoms with E-state index in [1.54, 1.807) is 0 Å². The molecule has 3 atom stereocenters. The standard InChI is InChI=1S/C28H35N7O/c29-24-12-3-4-13-25(24)34-28-32-17-23(26(30)36)27(35-28)33-20-9-5-7-18(15-20)21-10-1-2-11-22(21)19-8-6-14-31-16-19/h1-2,5,7,9-11,15,17,19,24-25,31H,3-4,6,8,12-14,16,29H2,(H2,30,36)(H2,32,33,34,35)/t19?,24-,25+/m0/s1. The Bertz CT molecular complexity index is 1210. The van der Waals surface area contributed by atoms with Gasteiger partial charge < -0.3 is 27.4 Å². The molecule has 8 heteroatoms. The SMILES string of the molecule is NC(=O)c1cnc(N[C@@H]2CCCC[C@@H]2N)nc1Nc1cccc(-c2ccccc2C2CCCNC2)c1. The highest BCUT2D eigenvalue weighted by molar-refractivity contribution is 5.98. The van der Waals surface area contributed by atoms with Crippen LogP contribution < -0.4 is 27.4 Å². The normalized spacial score (nSPS) is 22.1. The van der Waals surface area contributed by atoms with Crippen molar-refractivity contribution in [3.05, 3.63) is 65.9 Å². The number of nitrogens with zero attached hydrogens (tertiary/aromatic N) is 2. The Balaban J connectivity index is 1.42. The van der Waals surface area contributed by atoms with E-state index in [1.165, 1.54) is 30.2 Å².